The van der Waals surface area contributed by atoms with Crippen molar-refractivity contribution < 1.29 is 23.9 Å². The average Bonchev–Trinajstić information content (AvgIpc) is 2.65. The summed E-state index contributed by atoms with van der Waals surface area (Å²) in [5.41, 5.74) is 0.763. The van der Waals surface area contributed by atoms with Gasteiger partial charge in [0.2, 0.25) is 0 Å². The molecule has 7 heteroatoms. The molecule has 148 valence electrons. The van der Waals surface area contributed by atoms with Crippen molar-refractivity contribution in [3.05, 3.63) is 65.7 Å². The molecule has 2 N–H and O–H groups in total. The van der Waals surface area contributed by atoms with Gasteiger partial charge in [-0.15, -0.1) is 0 Å². The van der Waals surface area contributed by atoms with Crippen molar-refractivity contribution in [1.82, 2.24) is 5.32 Å². The molecule has 1 unspecified atom stereocenters. The fourth-order valence-corrected chi connectivity index (χ4v) is 2.39. The third-order valence-electron chi connectivity index (χ3n) is 3.63. The van der Waals surface area contributed by atoms with Gasteiger partial charge in [-0.3, -0.25) is 4.79 Å². The lowest BCUT2D eigenvalue weighted by molar-refractivity contribution is -0.118. The van der Waals surface area contributed by atoms with Gasteiger partial charge in [-0.05, 0) is 50.6 Å². The molecule has 0 spiro atoms. The number of alkyl carbamates (subject to hydrolysis) is 1. The largest absolute Gasteiger partial charge is 0.465 e. The molecule has 0 bridgehead atoms. The van der Waals surface area contributed by atoms with E-state index < -0.39 is 29.6 Å². The highest BCUT2D eigenvalue weighted by Gasteiger charge is 2.26. The highest BCUT2D eigenvalue weighted by atomic mass is 16.6. The van der Waals surface area contributed by atoms with E-state index in [0.717, 1.165) is 0 Å². The van der Waals surface area contributed by atoms with Gasteiger partial charge in [0.15, 0.2) is 0 Å². The normalized spacial score (nSPS) is 11.9. The topological polar surface area (TPSA) is 93.7 Å². The molecule has 2 aromatic carbocycles. The monoisotopic (exact) mass is 384 g/mol. The van der Waals surface area contributed by atoms with Crippen molar-refractivity contribution in [2.75, 3.05) is 12.4 Å². The summed E-state index contributed by atoms with van der Waals surface area (Å²) in [5, 5.41) is 5.33. The lowest BCUT2D eigenvalue weighted by atomic mass is 10.1. The highest BCUT2D eigenvalue weighted by Crippen LogP contribution is 2.18. The van der Waals surface area contributed by atoms with Crippen molar-refractivity contribution in [2.45, 2.75) is 32.4 Å². The van der Waals surface area contributed by atoms with Gasteiger partial charge in [0.1, 0.15) is 11.6 Å². The van der Waals surface area contributed by atoms with Gasteiger partial charge in [0, 0.05) is 5.69 Å². The number of anilines is 1. The summed E-state index contributed by atoms with van der Waals surface area (Å²) in [6.45, 7) is 5.23. The van der Waals surface area contributed by atoms with Crippen molar-refractivity contribution in [3.63, 3.8) is 0 Å². The maximum absolute atomic E-state index is 12.8. The minimum Gasteiger partial charge on any atom is -0.465 e. The second-order valence-corrected chi connectivity index (χ2v) is 7.05. The molecule has 28 heavy (non-hydrogen) atoms. The smallest absolute Gasteiger partial charge is 0.408 e. The molecule has 0 saturated heterocycles. The fourth-order valence-electron chi connectivity index (χ4n) is 2.39. The van der Waals surface area contributed by atoms with E-state index in [9.17, 15) is 14.4 Å². The zero-order valence-corrected chi connectivity index (χ0v) is 16.3. The van der Waals surface area contributed by atoms with E-state index in [1.54, 1.807) is 69.3 Å². The molecule has 2 aromatic rings. The molecule has 0 fully saturated rings. The van der Waals surface area contributed by atoms with E-state index in [0.29, 0.717) is 16.8 Å². The summed E-state index contributed by atoms with van der Waals surface area (Å²) in [5.74, 6) is -0.908. The zero-order valence-electron chi connectivity index (χ0n) is 16.3. The number of hydrogen-bond acceptors (Lipinski definition) is 5. The van der Waals surface area contributed by atoms with Crippen LogP contribution in [0.3, 0.4) is 0 Å². The van der Waals surface area contributed by atoms with Crippen LogP contribution in [0.25, 0.3) is 0 Å². The first-order chi connectivity index (χ1) is 13.2. The molecule has 0 aliphatic heterocycles. The predicted octanol–water partition coefficient (Wildman–Crippen LogP) is 3.68. The standard InChI is InChI=1S/C21H24N2O5/c1-21(2,3)28-20(26)23-17(14-8-6-5-7-9-14)18(24)22-16-12-10-15(11-13-16)19(25)27-4/h5-13,17H,1-4H3,(H,22,24)(H,23,26). The fraction of sp³-hybridized carbons (Fsp3) is 0.286. The maximum Gasteiger partial charge on any atom is 0.408 e. The van der Waals surface area contributed by atoms with Crippen molar-refractivity contribution >= 4 is 23.7 Å². The summed E-state index contributed by atoms with van der Waals surface area (Å²) >= 11 is 0. The number of benzene rings is 2. The Morgan fingerprint density at radius 3 is 2.07 bits per heavy atom. The Kier molecular flexibility index (Phi) is 6.76. The van der Waals surface area contributed by atoms with E-state index in [-0.39, 0.29) is 0 Å². The van der Waals surface area contributed by atoms with Crippen LogP contribution in [0.4, 0.5) is 10.5 Å². The minimum atomic E-state index is -0.948. The van der Waals surface area contributed by atoms with Gasteiger partial charge in [-0.1, -0.05) is 30.3 Å². The van der Waals surface area contributed by atoms with E-state index >= 15 is 0 Å². The molecule has 1 atom stereocenters. The first kappa shape index (κ1) is 21.0. The van der Waals surface area contributed by atoms with Crippen LogP contribution in [0.2, 0.25) is 0 Å². The van der Waals surface area contributed by atoms with Crippen LogP contribution in [0.1, 0.15) is 42.7 Å². The molecule has 7 nitrogen and oxygen atoms in total. The summed E-state index contributed by atoms with van der Waals surface area (Å²) in [7, 11) is 1.30. The lowest BCUT2D eigenvalue weighted by Gasteiger charge is -2.23. The Balaban J connectivity index is 2.17. The number of nitrogens with one attached hydrogen (secondary N) is 2. The molecular weight excluding hydrogens is 360 g/mol. The minimum absolute atomic E-state index is 0.368. The summed E-state index contributed by atoms with van der Waals surface area (Å²) < 4.78 is 9.91. The van der Waals surface area contributed by atoms with Crippen LogP contribution < -0.4 is 10.6 Å². The second kappa shape index (κ2) is 9.03. The quantitative estimate of drug-likeness (QED) is 0.767. The summed E-state index contributed by atoms with van der Waals surface area (Å²) in [4.78, 5) is 36.5. The molecule has 0 aliphatic carbocycles. The van der Waals surface area contributed by atoms with E-state index in [2.05, 4.69) is 15.4 Å². The molecule has 0 radical (unpaired) electrons. The first-order valence-corrected chi connectivity index (χ1v) is 8.73. The molecule has 2 amide bonds. The third-order valence-corrected chi connectivity index (χ3v) is 3.63. The number of rotatable bonds is 5. The number of carbonyl (C=O) groups is 3. The molecule has 0 heterocycles. The summed E-state index contributed by atoms with van der Waals surface area (Å²) in [6, 6.07) is 14.1. The molecule has 0 saturated carbocycles. The van der Waals surface area contributed by atoms with Gasteiger partial charge >= 0.3 is 12.1 Å². The number of ether oxygens (including phenoxy) is 2. The molecule has 2 rings (SSSR count). The van der Waals surface area contributed by atoms with Crippen molar-refractivity contribution in [2.24, 2.45) is 0 Å². The van der Waals surface area contributed by atoms with Crippen LogP contribution >= 0.6 is 0 Å². The van der Waals surface area contributed by atoms with Gasteiger partial charge in [0.25, 0.3) is 5.91 Å². The average molecular weight is 384 g/mol. The Bertz CT molecular complexity index is 826. The number of amides is 2. The Labute approximate surface area is 164 Å². The lowest BCUT2D eigenvalue weighted by Crippen LogP contribution is -2.40. The van der Waals surface area contributed by atoms with Gasteiger partial charge in [-0.2, -0.15) is 0 Å². The number of methoxy groups -OCH3 is 1. The molecule has 0 aromatic heterocycles. The van der Waals surface area contributed by atoms with Crippen molar-refractivity contribution in [3.8, 4) is 0 Å². The van der Waals surface area contributed by atoms with Crippen LogP contribution in [0.5, 0.6) is 0 Å². The molecule has 0 aliphatic rings. The predicted molar refractivity (Wildman–Crippen MR) is 105 cm³/mol. The number of esters is 1. The number of hydrogen-bond donors (Lipinski definition) is 2. The van der Waals surface area contributed by atoms with Gasteiger partial charge in [0.05, 0.1) is 12.7 Å². The van der Waals surface area contributed by atoms with E-state index in [4.69, 9.17) is 4.74 Å². The Morgan fingerprint density at radius 1 is 0.929 bits per heavy atom. The highest BCUT2D eigenvalue weighted by molar-refractivity contribution is 5.98. The van der Waals surface area contributed by atoms with E-state index in [1.165, 1.54) is 7.11 Å². The van der Waals surface area contributed by atoms with Crippen LogP contribution in [0, 0.1) is 0 Å². The zero-order chi connectivity index (χ0) is 20.7. The maximum atomic E-state index is 12.8. The molecular formula is C21H24N2O5. The van der Waals surface area contributed by atoms with Gasteiger partial charge in [-0.25, -0.2) is 9.59 Å². The van der Waals surface area contributed by atoms with Crippen LogP contribution in [-0.4, -0.2) is 30.7 Å². The third kappa shape index (κ3) is 6.12. The SMILES string of the molecule is COC(=O)c1ccc(NC(=O)C(NC(=O)OC(C)(C)C)c2ccccc2)cc1. The van der Waals surface area contributed by atoms with Crippen molar-refractivity contribution in [1.29, 1.82) is 0 Å². The van der Waals surface area contributed by atoms with Crippen LogP contribution in [-0.2, 0) is 14.3 Å². The summed E-state index contributed by atoms with van der Waals surface area (Å²) in [6.07, 6.45) is -0.697. The van der Waals surface area contributed by atoms with E-state index in [1.807, 2.05) is 6.07 Å². The first-order valence-electron chi connectivity index (χ1n) is 8.73. The van der Waals surface area contributed by atoms with Crippen LogP contribution in [0.15, 0.2) is 54.6 Å². The Hall–Kier alpha value is -3.35. The second-order valence-electron chi connectivity index (χ2n) is 7.05. The Morgan fingerprint density at radius 2 is 1.54 bits per heavy atom. The van der Waals surface area contributed by atoms with Gasteiger partial charge < -0.3 is 20.1 Å². The number of carbonyl (C=O) groups excluding carboxylic acids is 3.